The van der Waals surface area contributed by atoms with Crippen LogP contribution in [0.25, 0.3) is 0 Å². The van der Waals surface area contributed by atoms with Crippen LogP contribution in [0.2, 0.25) is 0 Å². The minimum absolute atomic E-state index is 0.0174. The Bertz CT molecular complexity index is 502. The van der Waals surface area contributed by atoms with E-state index in [1.807, 2.05) is 13.8 Å². The molecule has 102 valence electrons. The molecule has 0 aromatic heterocycles. The number of carbonyl (C=O) groups excluding carboxylic acids is 2. The van der Waals surface area contributed by atoms with Gasteiger partial charge in [0, 0.05) is 12.1 Å². The third-order valence-corrected chi connectivity index (χ3v) is 3.27. The van der Waals surface area contributed by atoms with E-state index < -0.39 is 6.04 Å². The molecule has 1 N–H and O–H groups in total. The van der Waals surface area contributed by atoms with Crippen molar-refractivity contribution in [3.8, 4) is 0 Å². The molecule has 2 rings (SSSR count). The van der Waals surface area contributed by atoms with Gasteiger partial charge in [-0.2, -0.15) is 0 Å². The summed E-state index contributed by atoms with van der Waals surface area (Å²) in [5, 5.41) is 2.57. The van der Waals surface area contributed by atoms with E-state index in [1.165, 1.54) is 11.0 Å². The van der Waals surface area contributed by atoms with Gasteiger partial charge in [0.05, 0.1) is 6.54 Å². The molecule has 4 nitrogen and oxygen atoms in total. The summed E-state index contributed by atoms with van der Waals surface area (Å²) < 4.78 is 13.7. The number of nitrogens with one attached hydrogen (secondary N) is 1. The highest BCUT2D eigenvalue weighted by molar-refractivity contribution is 5.94. The fourth-order valence-electron chi connectivity index (χ4n) is 2.32. The zero-order valence-corrected chi connectivity index (χ0v) is 11.0. The lowest BCUT2D eigenvalue weighted by atomic mass is 9.98. The van der Waals surface area contributed by atoms with Gasteiger partial charge in [0.2, 0.25) is 11.8 Å². The Labute approximate surface area is 111 Å². The first kappa shape index (κ1) is 13.5. The Balaban J connectivity index is 2.26. The van der Waals surface area contributed by atoms with E-state index in [4.69, 9.17) is 0 Å². The number of rotatable bonds is 3. The molecule has 1 unspecified atom stereocenters. The van der Waals surface area contributed by atoms with Crippen molar-refractivity contribution in [2.24, 2.45) is 5.92 Å². The fraction of sp³-hybridized carbons (Fsp3) is 0.429. The summed E-state index contributed by atoms with van der Waals surface area (Å²) in [5.74, 6) is -0.729. The maximum Gasteiger partial charge on any atom is 0.243 e. The van der Waals surface area contributed by atoms with Crippen LogP contribution in [0, 0.1) is 11.7 Å². The monoisotopic (exact) mass is 264 g/mol. The zero-order chi connectivity index (χ0) is 14.0. The Kier molecular flexibility index (Phi) is 3.83. The van der Waals surface area contributed by atoms with Crippen molar-refractivity contribution >= 4 is 11.8 Å². The molecular weight excluding hydrogens is 247 g/mol. The highest BCUT2D eigenvalue weighted by Crippen LogP contribution is 2.19. The third-order valence-electron chi connectivity index (χ3n) is 3.27. The number of benzene rings is 1. The first-order valence-corrected chi connectivity index (χ1v) is 6.31. The van der Waals surface area contributed by atoms with E-state index in [0.29, 0.717) is 5.56 Å². The minimum atomic E-state index is -0.541. The van der Waals surface area contributed by atoms with Crippen molar-refractivity contribution in [2.75, 3.05) is 6.54 Å². The van der Waals surface area contributed by atoms with Gasteiger partial charge in [-0.05, 0) is 12.0 Å². The lowest BCUT2D eigenvalue weighted by Gasteiger charge is -2.37. The van der Waals surface area contributed by atoms with Crippen molar-refractivity contribution in [2.45, 2.75) is 26.4 Å². The summed E-state index contributed by atoms with van der Waals surface area (Å²) in [7, 11) is 0. The van der Waals surface area contributed by atoms with Crippen LogP contribution in [-0.2, 0) is 16.1 Å². The second-order valence-electron chi connectivity index (χ2n) is 5.02. The van der Waals surface area contributed by atoms with Gasteiger partial charge >= 0.3 is 0 Å². The van der Waals surface area contributed by atoms with Crippen LogP contribution >= 0.6 is 0 Å². The molecule has 1 saturated heterocycles. The number of hydrogen-bond donors (Lipinski definition) is 1. The van der Waals surface area contributed by atoms with E-state index in [0.717, 1.165) is 0 Å². The van der Waals surface area contributed by atoms with Crippen molar-refractivity contribution in [1.82, 2.24) is 10.2 Å². The number of hydrogen-bond acceptors (Lipinski definition) is 2. The molecular formula is C14H17FN2O2. The van der Waals surface area contributed by atoms with Crippen LogP contribution in [0.5, 0.6) is 0 Å². The maximum atomic E-state index is 13.7. The lowest BCUT2D eigenvalue weighted by Crippen LogP contribution is -2.59. The molecule has 0 bridgehead atoms. The molecule has 0 radical (unpaired) electrons. The number of nitrogens with zero attached hydrogens (tertiary/aromatic N) is 1. The predicted octanol–water partition coefficient (Wildman–Crippen LogP) is 1.31. The molecule has 0 spiro atoms. The second-order valence-corrected chi connectivity index (χ2v) is 5.02. The molecule has 1 fully saturated rings. The Morgan fingerprint density at radius 3 is 2.68 bits per heavy atom. The maximum absolute atomic E-state index is 13.7. The van der Waals surface area contributed by atoms with E-state index in [9.17, 15) is 14.0 Å². The van der Waals surface area contributed by atoms with Gasteiger partial charge < -0.3 is 10.2 Å². The van der Waals surface area contributed by atoms with Gasteiger partial charge in [0.1, 0.15) is 11.9 Å². The SMILES string of the molecule is CC(C)C1C(=O)NCC(=O)N1Cc1ccccc1F. The number of carbonyl (C=O) groups is 2. The van der Waals surface area contributed by atoms with Gasteiger partial charge in [-0.1, -0.05) is 32.0 Å². The van der Waals surface area contributed by atoms with Crippen molar-refractivity contribution in [3.05, 3.63) is 35.6 Å². The van der Waals surface area contributed by atoms with Crippen LogP contribution in [0.4, 0.5) is 4.39 Å². The molecule has 0 saturated carbocycles. The highest BCUT2D eigenvalue weighted by atomic mass is 19.1. The van der Waals surface area contributed by atoms with Crippen molar-refractivity contribution in [3.63, 3.8) is 0 Å². The fourth-order valence-corrected chi connectivity index (χ4v) is 2.32. The Hall–Kier alpha value is -1.91. The molecule has 1 aromatic carbocycles. The molecule has 19 heavy (non-hydrogen) atoms. The van der Waals surface area contributed by atoms with E-state index in [-0.39, 0.29) is 36.6 Å². The third kappa shape index (κ3) is 2.75. The second kappa shape index (κ2) is 5.38. The summed E-state index contributed by atoms with van der Waals surface area (Å²) in [6.45, 7) is 3.85. The number of halogens is 1. The summed E-state index contributed by atoms with van der Waals surface area (Å²) in [6.07, 6.45) is 0. The van der Waals surface area contributed by atoms with Crippen LogP contribution < -0.4 is 5.32 Å². The average molecular weight is 264 g/mol. The summed E-state index contributed by atoms with van der Waals surface area (Å²) in [6, 6.07) is 5.77. The highest BCUT2D eigenvalue weighted by Gasteiger charge is 2.36. The molecule has 1 heterocycles. The normalized spacial score (nSPS) is 19.8. The molecule has 0 aliphatic carbocycles. The van der Waals surface area contributed by atoms with Crippen LogP contribution in [0.3, 0.4) is 0 Å². The van der Waals surface area contributed by atoms with E-state index in [2.05, 4.69) is 5.32 Å². The standard InChI is InChI=1S/C14H17FN2O2/c1-9(2)13-14(19)16-7-12(18)17(13)8-10-5-3-4-6-11(10)15/h3-6,9,13H,7-8H2,1-2H3,(H,16,19). The molecule has 2 amide bonds. The van der Waals surface area contributed by atoms with Crippen LogP contribution in [-0.4, -0.2) is 29.3 Å². The van der Waals surface area contributed by atoms with Gasteiger partial charge in [0.25, 0.3) is 0 Å². The molecule has 5 heteroatoms. The van der Waals surface area contributed by atoms with Crippen molar-refractivity contribution in [1.29, 1.82) is 0 Å². The quantitative estimate of drug-likeness (QED) is 0.895. The predicted molar refractivity (Wildman–Crippen MR) is 68.6 cm³/mol. The van der Waals surface area contributed by atoms with Gasteiger partial charge in [-0.25, -0.2) is 4.39 Å². The van der Waals surface area contributed by atoms with E-state index in [1.54, 1.807) is 18.2 Å². The summed E-state index contributed by atoms with van der Waals surface area (Å²) in [4.78, 5) is 25.3. The van der Waals surface area contributed by atoms with E-state index >= 15 is 0 Å². The molecule has 1 aromatic rings. The topological polar surface area (TPSA) is 49.4 Å². The van der Waals surface area contributed by atoms with Gasteiger partial charge in [-0.3, -0.25) is 9.59 Å². The van der Waals surface area contributed by atoms with Gasteiger partial charge in [0.15, 0.2) is 0 Å². The lowest BCUT2D eigenvalue weighted by molar-refractivity contribution is -0.148. The number of piperazine rings is 1. The smallest absolute Gasteiger partial charge is 0.243 e. The summed E-state index contributed by atoms with van der Waals surface area (Å²) >= 11 is 0. The Morgan fingerprint density at radius 2 is 2.05 bits per heavy atom. The molecule has 1 atom stereocenters. The van der Waals surface area contributed by atoms with Crippen LogP contribution in [0.15, 0.2) is 24.3 Å². The first-order valence-electron chi connectivity index (χ1n) is 6.31. The average Bonchev–Trinajstić information content (AvgIpc) is 2.36. The summed E-state index contributed by atoms with van der Waals surface area (Å²) in [5.41, 5.74) is 0.427. The molecule has 1 aliphatic heterocycles. The van der Waals surface area contributed by atoms with Gasteiger partial charge in [-0.15, -0.1) is 0 Å². The zero-order valence-electron chi connectivity index (χ0n) is 11.0. The first-order chi connectivity index (χ1) is 9.00. The number of amides is 2. The minimum Gasteiger partial charge on any atom is -0.345 e. The largest absolute Gasteiger partial charge is 0.345 e. The van der Waals surface area contributed by atoms with Crippen LogP contribution in [0.1, 0.15) is 19.4 Å². The Morgan fingerprint density at radius 1 is 1.37 bits per heavy atom. The van der Waals surface area contributed by atoms with Crippen molar-refractivity contribution < 1.29 is 14.0 Å². The molecule has 1 aliphatic rings.